The lowest BCUT2D eigenvalue weighted by Gasteiger charge is -2.28. The zero-order valence-electron chi connectivity index (χ0n) is 11.7. The van der Waals surface area contributed by atoms with Gasteiger partial charge in [0.05, 0.1) is 4.90 Å². The largest absolute Gasteiger partial charge is 0.241 e. The second-order valence-corrected chi connectivity index (χ2v) is 7.26. The number of hydrogen-bond donors (Lipinski definition) is 1. The van der Waals surface area contributed by atoms with E-state index in [1.807, 2.05) is 26.0 Å². The fraction of sp³-hybridized carbons (Fsp3) is 0.600. The van der Waals surface area contributed by atoms with Crippen LogP contribution in [-0.4, -0.2) is 14.5 Å². The van der Waals surface area contributed by atoms with Crippen LogP contribution in [0.2, 0.25) is 0 Å². The van der Waals surface area contributed by atoms with Crippen molar-refractivity contribution in [1.82, 2.24) is 4.72 Å². The molecule has 1 saturated carbocycles. The van der Waals surface area contributed by atoms with Gasteiger partial charge in [-0.25, -0.2) is 13.1 Å². The van der Waals surface area contributed by atoms with Gasteiger partial charge in [-0.3, -0.25) is 0 Å². The van der Waals surface area contributed by atoms with Crippen molar-refractivity contribution in [3.05, 3.63) is 29.8 Å². The lowest BCUT2D eigenvalue weighted by Crippen LogP contribution is -2.39. The van der Waals surface area contributed by atoms with Gasteiger partial charge >= 0.3 is 0 Å². The SMILES string of the molecule is Cc1ccccc1S(=O)(=O)NC(C)C1CCCCC1. The Bertz CT molecular complexity index is 519. The highest BCUT2D eigenvalue weighted by Gasteiger charge is 2.25. The summed E-state index contributed by atoms with van der Waals surface area (Å²) in [5.74, 6) is 0.479. The van der Waals surface area contributed by atoms with Crippen LogP contribution in [0.5, 0.6) is 0 Å². The van der Waals surface area contributed by atoms with E-state index in [1.54, 1.807) is 12.1 Å². The molecule has 1 aliphatic rings. The maximum absolute atomic E-state index is 12.4. The molecule has 106 valence electrons. The Hall–Kier alpha value is -0.870. The minimum atomic E-state index is -3.39. The molecule has 1 N–H and O–H groups in total. The van der Waals surface area contributed by atoms with Gasteiger partial charge in [-0.05, 0) is 44.2 Å². The van der Waals surface area contributed by atoms with Gasteiger partial charge in [-0.15, -0.1) is 0 Å². The zero-order valence-corrected chi connectivity index (χ0v) is 12.5. The van der Waals surface area contributed by atoms with Gasteiger partial charge in [0.25, 0.3) is 0 Å². The normalized spacial score (nSPS) is 19.3. The molecule has 1 aromatic rings. The first-order valence-electron chi connectivity index (χ1n) is 7.08. The summed E-state index contributed by atoms with van der Waals surface area (Å²) in [4.78, 5) is 0.401. The summed E-state index contributed by atoms with van der Waals surface area (Å²) in [6.45, 7) is 3.83. The van der Waals surface area contributed by atoms with Gasteiger partial charge in [-0.1, -0.05) is 37.5 Å². The van der Waals surface area contributed by atoms with Crippen LogP contribution in [0.3, 0.4) is 0 Å². The van der Waals surface area contributed by atoms with Crippen LogP contribution >= 0.6 is 0 Å². The fourth-order valence-corrected chi connectivity index (χ4v) is 4.46. The number of hydrogen-bond acceptors (Lipinski definition) is 2. The van der Waals surface area contributed by atoms with Gasteiger partial charge in [0.15, 0.2) is 0 Å². The molecule has 0 aliphatic heterocycles. The Balaban J connectivity index is 2.11. The summed E-state index contributed by atoms with van der Waals surface area (Å²) in [6, 6.07) is 7.15. The molecule has 19 heavy (non-hydrogen) atoms. The highest BCUT2D eigenvalue weighted by Crippen LogP contribution is 2.27. The summed E-state index contributed by atoms with van der Waals surface area (Å²) in [5.41, 5.74) is 0.797. The Morgan fingerprint density at radius 3 is 2.42 bits per heavy atom. The van der Waals surface area contributed by atoms with Crippen LogP contribution in [0.25, 0.3) is 0 Å². The monoisotopic (exact) mass is 281 g/mol. The van der Waals surface area contributed by atoms with Crippen LogP contribution in [0, 0.1) is 12.8 Å². The van der Waals surface area contributed by atoms with E-state index in [-0.39, 0.29) is 6.04 Å². The van der Waals surface area contributed by atoms with E-state index < -0.39 is 10.0 Å². The molecule has 0 bridgehead atoms. The van der Waals surface area contributed by atoms with Crippen LogP contribution < -0.4 is 4.72 Å². The lowest BCUT2D eigenvalue weighted by atomic mass is 9.85. The molecule has 1 unspecified atom stereocenters. The average molecular weight is 281 g/mol. The highest BCUT2D eigenvalue weighted by atomic mass is 32.2. The molecule has 1 aliphatic carbocycles. The van der Waals surface area contributed by atoms with Crippen molar-refractivity contribution in [3.8, 4) is 0 Å². The van der Waals surface area contributed by atoms with Gasteiger partial charge in [0.2, 0.25) is 10.0 Å². The van der Waals surface area contributed by atoms with E-state index in [4.69, 9.17) is 0 Å². The minimum absolute atomic E-state index is 0.0184. The Morgan fingerprint density at radius 2 is 1.79 bits per heavy atom. The third-order valence-corrected chi connectivity index (χ3v) is 5.80. The zero-order chi connectivity index (χ0) is 13.9. The third kappa shape index (κ3) is 3.57. The molecule has 2 rings (SSSR count). The van der Waals surface area contributed by atoms with E-state index in [0.717, 1.165) is 18.4 Å². The summed E-state index contributed by atoms with van der Waals surface area (Å²) in [6.07, 6.45) is 6.00. The second-order valence-electron chi connectivity index (χ2n) is 5.57. The van der Waals surface area contributed by atoms with Crippen molar-refractivity contribution in [2.45, 2.75) is 56.9 Å². The minimum Gasteiger partial charge on any atom is -0.208 e. The summed E-state index contributed by atoms with van der Waals surface area (Å²) >= 11 is 0. The van der Waals surface area contributed by atoms with Crippen molar-refractivity contribution >= 4 is 10.0 Å². The average Bonchev–Trinajstić information content (AvgIpc) is 2.39. The van der Waals surface area contributed by atoms with Crippen molar-refractivity contribution in [2.75, 3.05) is 0 Å². The molecule has 0 spiro atoms. The van der Waals surface area contributed by atoms with E-state index >= 15 is 0 Å². The third-order valence-electron chi connectivity index (χ3n) is 4.08. The summed E-state index contributed by atoms with van der Waals surface area (Å²) < 4.78 is 27.6. The standard InChI is InChI=1S/C15H23NO2S/c1-12-8-6-7-11-15(12)19(17,18)16-13(2)14-9-4-3-5-10-14/h6-8,11,13-14,16H,3-5,9-10H2,1-2H3. The van der Waals surface area contributed by atoms with E-state index in [9.17, 15) is 8.42 Å². The van der Waals surface area contributed by atoms with Crippen molar-refractivity contribution < 1.29 is 8.42 Å². The predicted octanol–water partition coefficient (Wildman–Crippen LogP) is 3.24. The van der Waals surface area contributed by atoms with Crippen molar-refractivity contribution in [1.29, 1.82) is 0 Å². The van der Waals surface area contributed by atoms with E-state index in [1.165, 1.54) is 19.3 Å². The quantitative estimate of drug-likeness (QED) is 0.921. The van der Waals surface area contributed by atoms with Gasteiger partial charge in [0, 0.05) is 6.04 Å². The van der Waals surface area contributed by atoms with Gasteiger partial charge < -0.3 is 0 Å². The molecule has 0 saturated heterocycles. The number of rotatable bonds is 4. The molecule has 1 atom stereocenters. The molecular weight excluding hydrogens is 258 g/mol. The molecule has 1 fully saturated rings. The molecular formula is C15H23NO2S. The molecule has 0 radical (unpaired) electrons. The molecule has 1 aromatic carbocycles. The van der Waals surface area contributed by atoms with Crippen molar-refractivity contribution in [2.24, 2.45) is 5.92 Å². The first-order chi connectivity index (χ1) is 9.00. The predicted molar refractivity (Wildman–Crippen MR) is 77.5 cm³/mol. The molecule has 0 aromatic heterocycles. The van der Waals surface area contributed by atoms with Crippen LogP contribution in [0.15, 0.2) is 29.2 Å². The fourth-order valence-electron chi connectivity index (χ4n) is 2.90. The van der Waals surface area contributed by atoms with Crippen LogP contribution in [0.4, 0.5) is 0 Å². The smallest absolute Gasteiger partial charge is 0.208 e. The second kappa shape index (κ2) is 6.06. The van der Waals surface area contributed by atoms with Crippen LogP contribution in [-0.2, 0) is 10.0 Å². The molecule has 4 heteroatoms. The van der Waals surface area contributed by atoms with E-state index in [2.05, 4.69) is 4.72 Å². The molecule has 3 nitrogen and oxygen atoms in total. The molecule has 0 amide bonds. The van der Waals surface area contributed by atoms with Gasteiger partial charge in [0.1, 0.15) is 0 Å². The Morgan fingerprint density at radius 1 is 1.16 bits per heavy atom. The number of nitrogens with one attached hydrogen (secondary N) is 1. The number of benzene rings is 1. The van der Waals surface area contributed by atoms with Crippen molar-refractivity contribution in [3.63, 3.8) is 0 Å². The summed E-state index contributed by atoms with van der Waals surface area (Å²) in [7, 11) is -3.39. The Kier molecular flexibility index (Phi) is 4.63. The molecule has 0 heterocycles. The maximum Gasteiger partial charge on any atom is 0.241 e. The first-order valence-corrected chi connectivity index (χ1v) is 8.57. The lowest BCUT2D eigenvalue weighted by molar-refractivity contribution is 0.303. The first kappa shape index (κ1) is 14.5. The van der Waals surface area contributed by atoms with Crippen LogP contribution in [0.1, 0.15) is 44.6 Å². The van der Waals surface area contributed by atoms with Gasteiger partial charge in [-0.2, -0.15) is 0 Å². The maximum atomic E-state index is 12.4. The highest BCUT2D eigenvalue weighted by molar-refractivity contribution is 7.89. The topological polar surface area (TPSA) is 46.2 Å². The number of aryl methyl sites for hydroxylation is 1. The number of sulfonamides is 1. The summed E-state index contributed by atoms with van der Waals surface area (Å²) in [5, 5.41) is 0. The Labute approximate surface area is 116 Å². The van der Waals surface area contributed by atoms with E-state index in [0.29, 0.717) is 10.8 Å².